The Bertz CT molecular complexity index is 1240. The summed E-state index contributed by atoms with van der Waals surface area (Å²) in [6.07, 6.45) is 0. The topological polar surface area (TPSA) is 127 Å². The van der Waals surface area contributed by atoms with Crippen LogP contribution in [-0.4, -0.2) is 46.0 Å². The van der Waals surface area contributed by atoms with Crippen LogP contribution in [0.15, 0.2) is 60.7 Å². The number of rotatable bonds is 5. The number of benzene rings is 3. The maximum atomic E-state index is 13.1. The molecule has 0 spiro atoms. The number of likely N-dealkylation sites (N-methyl/N-ethyl adjacent to an activating group) is 1. The minimum absolute atomic E-state index is 0.00144. The molecule has 8 nitrogen and oxygen atoms in total. The van der Waals surface area contributed by atoms with Crippen molar-refractivity contribution in [3.05, 3.63) is 71.8 Å². The number of carbonyl (C=O) groups excluding carboxylic acids is 1. The Kier molecular flexibility index (Phi) is 5.31. The summed E-state index contributed by atoms with van der Waals surface area (Å²) in [7, 11) is -3.14. The molecule has 2 unspecified atom stereocenters. The van der Waals surface area contributed by atoms with E-state index in [1.807, 2.05) is 30.3 Å². The highest BCUT2D eigenvalue weighted by Gasteiger charge is 2.46. The molecule has 3 aromatic carbocycles. The van der Waals surface area contributed by atoms with E-state index in [1.54, 1.807) is 30.1 Å². The van der Waals surface area contributed by atoms with Gasteiger partial charge in [0.1, 0.15) is 5.66 Å². The highest BCUT2D eigenvalue weighted by atomic mass is 31.2. The average molecular weight is 440 g/mol. The number of nitrogens with one attached hydrogen (secondary N) is 1. The van der Waals surface area contributed by atoms with Crippen molar-refractivity contribution in [2.45, 2.75) is 11.6 Å². The highest BCUT2D eigenvalue weighted by Crippen LogP contribution is 2.52. The average Bonchev–Trinajstić information content (AvgIpc) is 3.02. The molecule has 2 atom stereocenters. The van der Waals surface area contributed by atoms with Gasteiger partial charge in [0.25, 0.3) is 0 Å². The van der Waals surface area contributed by atoms with Crippen LogP contribution < -0.4 is 10.2 Å². The number of hydrogen-bond acceptors (Lipinski definition) is 4. The van der Waals surface area contributed by atoms with E-state index in [4.69, 9.17) is 0 Å². The van der Waals surface area contributed by atoms with Gasteiger partial charge in [-0.25, -0.2) is 4.79 Å². The van der Waals surface area contributed by atoms with E-state index in [9.17, 15) is 29.0 Å². The van der Waals surface area contributed by atoms with Crippen LogP contribution in [0.2, 0.25) is 0 Å². The maximum Gasteiger partial charge on any atom is 0.338 e. The van der Waals surface area contributed by atoms with Gasteiger partial charge in [-0.1, -0.05) is 30.3 Å². The summed E-state index contributed by atoms with van der Waals surface area (Å²) >= 11 is 0. The molecule has 0 bridgehead atoms. The molecule has 4 rings (SSSR count). The van der Waals surface area contributed by atoms with Crippen molar-refractivity contribution < 1.29 is 29.0 Å². The Labute approximate surface area is 178 Å². The van der Waals surface area contributed by atoms with E-state index < -0.39 is 31.0 Å². The number of carbonyl (C=O) groups is 2. The molecule has 0 aromatic heterocycles. The summed E-state index contributed by atoms with van der Waals surface area (Å²) in [5.41, 5.74) is -0.158. The Morgan fingerprint density at radius 1 is 1.06 bits per heavy atom. The van der Waals surface area contributed by atoms with Gasteiger partial charge in [-0.2, -0.15) is 0 Å². The van der Waals surface area contributed by atoms with Crippen molar-refractivity contribution in [1.29, 1.82) is 0 Å². The lowest BCUT2D eigenvalue weighted by molar-refractivity contribution is -0.116. The third-order valence-corrected chi connectivity index (χ3v) is 6.90. The normalized spacial score (nSPS) is 16.7. The van der Waals surface area contributed by atoms with E-state index in [0.717, 1.165) is 10.8 Å². The molecule has 0 aliphatic carbocycles. The first kappa shape index (κ1) is 21.1. The fraction of sp³-hybridized carbons (Fsp3) is 0.182. The third kappa shape index (κ3) is 4.05. The van der Waals surface area contributed by atoms with Gasteiger partial charge in [0.05, 0.1) is 5.56 Å². The van der Waals surface area contributed by atoms with Gasteiger partial charge in [0.2, 0.25) is 5.91 Å². The molecular weight excluding hydrogens is 419 g/mol. The van der Waals surface area contributed by atoms with Crippen molar-refractivity contribution >= 4 is 41.6 Å². The van der Waals surface area contributed by atoms with E-state index in [-0.39, 0.29) is 12.1 Å². The monoisotopic (exact) mass is 440 g/mol. The molecule has 1 aliphatic heterocycles. The Hall–Kier alpha value is -3.19. The zero-order chi connectivity index (χ0) is 22.3. The second kappa shape index (κ2) is 7.81. The first-order chi connectivity index (χ1) is 14.6. The van der Waals surface area contributed by atoms with Crippen molar-refractivity contribution in [3.8, 4) is 0 Å². The lowest BCUT2D eigenvalue weighted by Gasteiger charge is -2.24. The van der Waals surface area contributed by atoms with E-state index >= 15 is 0 Å². The number of aromatic carboxylic acids is 1. The van der Waals surface area contributed by atoms with Crippen LogP contribution in [0.25, 0.3) is 10.8 Å². The first-order valence-electron chi connectivity index (χ1n) is 9.58. The summed E-state index contributed by atoms with van der Waals surface area (Å²) in [4.78, 5) is 46.4. The molecule has 0 radical (unpaired) electrons. The van der Waals surface area contributed by atoms with E-state index in [0.29, 0.717) is 16.9 Å². The Morgan fingerprint density at radius 2 is 1.77 bits per heavy atom. The van der Waals surface area contributed by atoms with E-state index in [2.05, 4.69) is 5.32 Å². The number of amides is 1. The molecule has 0 saturated carbocycles. The van der Waals surface area contributed by atoms with Crippen LogP contribution in [0.1, 0.15) is 21.8 Å². The Balaban J connectivity index is 1.70. The number of anilines is 2. The summed E-state index contributed by atoms with van der Waals surface area (Å²) < 4.78 is 12.4. The van der Waals surface area contributed by atoms with Crippen LogP contribution in [0, 0.1) is 0 Å². The zero-order valence-corrected chi connectivity index (χ0v) is 17.5. The molecule has 0 fully saturated rings. The van der Waals surface area contributed by atoms with Crippen LogP contribution in [0.3, 0.4) is 0 Å². The van der Waals surface area contributed by atoms with E-state index in [1.165, 1.54) is 12.1 Å². The largest absolute Gasteiger partial charge is 0.478 e. The van der Waals surface area contributed by atoms with Gasteiger partial charge >= 0.3 is 13.6 Å². The molecule has 1 aliphatic rings. The molecule has 4 N–H and O–H groups in total. The standard InChI is InChI=1S/C22H21N2O6P/c1-24-12-18(17-11-15(22(26)27)7-9-19(17)24)20(31(28,29)30)21(25)23-16-8-6-13-4-2-3-5-14(13)10-16/h2-11,18,20H,12H2,1H3,(H,23,25)(H,26,27)(H2,28,29,30). The van der Waals surface area contributed by atoms with Crippen molar-refractivity contribution in [3.63, 3.8) is 0 Å². The van der Waals surface area contributed by atoms with Crippen molar-refractivity contribution in [2.24, 2.45) is 0 Å². The van der Waals surface area contributed by atoms with Gasteiger partial charge in [0, 0.05) is 30.9 Å². The fourth-order valence-corrected chi connectivity index (χ4v) is 5.24. The van der Waals surface area contributed by atoms with Crippen LogP contribution >= 0.6 is 7.60 Å². The van der Waals surface area contributed by atoms with Crippen molar-refractivity contribution in [1.82, 2.24) is 0 Å². The molecule has 160 valence electrons. The van der Waals surface area contributed by atoms with Gasteiger partial charge in [-0.15, -0.1) is 0 Å². The molecule has 9 heteroatoms. The fourth-order valence-electron chi connectivity index (χ4n) is 4.15. The number of fused-ring (bicyclic) bond motifs is 2. The summed E-state index contributed by atoms with van der Waals surface area (Å²) in [6.45, 7) is 0.180. The summed E-state index contributed by atoms with van der Waals surface area (Å²) in [5, 5.41) is 13.8. The number of hydrogen-bond donors (Lipinski definition) is 4. The molecule has 1 amide bonds. The van der Waals surface area contributed by atoms with Crippen LogP contribution in [0.5, 0.6) is 0 Å². The number of nitrogens with zero attached hydrogens (tertiary/aromatic N) is 1. The highest BCUT2D eigenvalue weighted by molar-refractivity contribution is 7.53. The van der Waals surface area contributed by atoms with Crippen molar-refractivity contribution in [2.75, 3.05) is 23.8 Å². The van der Waals surface area contributed by atoms with Gasteiger partial charge < -0.3 is 25.1 Å². The third-order valence-electron chi connectivity index (χ3n) is 5.58. The SMILES string of the molecule is CN1CC(C(C(=O)Nc2ccc3ccccc3c2)P(=O)(O)O)c2cc(C(=O)O)ccc21. The smallest absolute Gasteiger partial charge is 0.338 e. The van der Waals surface area contributed by atoms with Crippen LogP contribution in [0.4, 0.5) is 11.4 Å². The second-order valence-electron chi connectivity index (χ2n) is 7.65. The molecule has 1 heterocycles. The van der Waals surface area contributed by atoms with Gasteiger partial charge in [-0.3, -0.25) is 9.36 Å². The predicted octanol–water partition coefficient (Wildman–Crippen LogP) is 3.26. The quantitative estimate of drug-likeness (QED) is 0.449. The zero-order valence-electron chi connectivity index (χ0n) is 16.6. The van der Waals surface area contributed by atoms with Gasteiger partial charge in [0.15, 0.2) is 0 Å². The lowest BCUT2D eigenvalue weighted by atomic mass is 9.95. The lowest BCUT2D eigenvalue weighted by Crippen LogP contribution is -2.35. The minimum atomic E-state index is -4.87. The Morgan fingerprint density at radius 3 is 2.45 bits per heavy atom. The maximum absolute atomic E-state index is 13.1. The minimum Gasteiger partial charge on any atom is -0.478 e. The van der Waals surface area contributed by atoms with Gasteiger partial charge in [-0.05, 0) is 46.7 Å². The molecule has 0 saturated heterocycles. The molecule has 3 aromatic rings. The number of carboxylic acid groups (broad SMARTS) is 1. The molecule has 31 heavy (non-hydrogen) atoms. The molecular formula is C22H21N2O6P. The second-order valence-corrected chi connectivity index (χ2v) is 9.39. The van der Waals surface area contributed by atoms with Crippen LogP contribution in [-0.2, 0) is 9.36 Å². The summed E-state index contributed by atoms with van der Waals surface area (Å²) in [5.74, 6) is -2.82. The first-order valence-corrected chi connectivity index (χ1v) is 11.3. The summed E-state index contributed by atoms with van der Waals surface area (Å²) in [6, 6.07) is 17.2. The predicted molar refractivity (Wildman–Crippen MR) is 118 cm³/mol. The number of carboxylic acids is 1.